The first kappa shape index (κ1) is 25.8. The van der Waals surface area contributed by atoms with E-state index in [4.69, 9.17) is 33.9 Å². The van der Waals surface area contributed by atoms with E-state index in [1.165, 1.54) is 0 Å². The summed E-state index contributed by atoms with van der Waals surface area (Å²) < 4.78 is 18.3. The lowest BCUT2D eigenvalue weighted by atomic mass is 9.70. The van der Waals surface area contributed by atoms with Gasteiger partial charge in [0.05, 0.1) is 16.1 Å². The second kappa shape index (κ2) is 8.93. The third-order valence-corrected chi connectivity index (χ3v) is 9.81. The zero-order valence-corrected chi connectivity index (χ0v) is 22.5. The zero-order chi connectivity index (χ0) is 26.6. The molecule has 8 rings (SSSR count). The Morgan fingerprint density at radius 3 is 2.73 bits per heavy atom. The van der Waals surface area contributed by atoms with Crippen molar-refractivity contribution in [1.29, 1.82) is 0 Å². The maximum absolute atomic E-state index is 16.1. The Hall–Kier alpha value is -3.13. The zero-order valence-electron chi connectivity index (χ0n) is 21.0. The second-order valence-electron chi connectivity index (χ2n) is 11.4. The quantitative estimate of drug-likeness (QED) is 0.259. The monoisotopic (exact) mass is 577 g/mol. The summed E-state index contributed by atoms with van der Waals surface area (Å²) in [5, 5.41) is 3.72. The predicted octanol–water partition coefficient (Wildman–Crippen LogP) is 6.91. The van der Waals surface area contributed by atoms with Gasteiger partial charge in [0.1, 0.15) is 17.2 Å². The van der Waals surface area contributed by atoms with Gasteiger partial charge in [0, 0.05) is 52.9 Å². The van der Waals surface area contributed by atoms with Gasteiger partial charge in [-0.1, -0.05) is 48.8 Å². The van der Waals surface area contributed by atoms with Gasteiger partial charge in [-0.25, -0.2) is 9.37 Å². The number of aryl methyl sites for hydroxylation is 1. The Labute approximate surface area is 242 Å². The van der Waals surface area contributed by atoms with E-state index in [2.05, 4.69) is 14.8 Å². The number of halogens is 3. The predicted molar refractivity (Wildman–Crippen MR) is 157 cm³/mol. The summed E-state index contributed by atoms with van der Waals surface area (Å²) in [6.07, 6.45) is 3.08. The molecule has 0 unspecified atom stereocenters. The molecule has 4 atom stereocenters. The summed E-state index contributed by atoms with van der Waals surface area (Å²) in [7, 11) is 0. The van der Waals surface area contributed by atoms with Gasteiger partial charge >= 0.3 is 0 Å². The van der Waals surface area contributed by atoms with Crippen molar-refractivity contribution in [3.8, 4) is 0 Å². The molecule has 9 heteroatoms. The molecule has 1 aromatic heterocycles. The van der Waals surface area contributed by atoms with E-state index in [1.807, 2.05) is 30.3 Å². The van der Waals surface area contributed by atoms with Crippen molar-refractivity contribution in [1.82, 2.24) is 14.5 Å². The number of nitrogens with one attached hydrogen (secondary N) is 1. The highest BCUT2D eigenvalue weighted by atomic mass is 35.5. The van der Waals surface area contributed by atoms with Crippen molar-refractivity contribution in [3.05, 3.63) is 87.4 Å². The van der Waals surface area contributed by atoms with E-state index in [9.17, 15) is 4.79 Å². The minimum absolute atomic E-state index is 0. The lowest BCUT2D eigenvalue weighted by Gasteiger charge is -2.40. The van der Waals surface area contributed by atoms with Crippen LogP contribution in [-0.2, 0) is 16.9 Å². The van der Waals surface area contributed by atoms with Crippen LogP contribution >= 0.6 is 23.2 Å². The molecule has 4 heterocycles. The fourth-order valence-electron chi connectivity index (χ4n) is 7.61. The number of amides is 1. The number of likely N-dealkylation sites (tertiary alicyclic amines) is 1. The summed E-state index contributed by atoms with van der Waals surface area (Å²) in [6, 6.07) is 16.4. The summed E-state index contributed by atoms with van der Waals surface area (Å²) in [5.41, 5.74) is 9.41. The molecule has 1 amide bonds. The first-order valence-corrected chi connectivity index (χ1v) is 14.2. The van der Waals surface area contributed by atoms with Crippen LogP contribution in [0.5, 0.6) is 0 Å². The number of nitrogens with two attached hydrogens (primary N) is 1. The highest BCUT2D eigenvalue weighted by molar-refractivity contribution is 6.31. The Morgan fingerprint density at radius 1 is 1.10 bits per heavy atom. The van der Waals surface area contributed by atoms with E-state index >= 15 is 4.39 Å². The SMILES string of the molecule is C.Nc1ccc2c(c1)nc1n2CC[C@H]2[C@@H]1[C@H](c1cccc(Cl)c1F)[C@]1(C(=O)Nc3cc(Cl)ccc31)N2CC1CC1. The molecular formula is C31H30Cl2FN5O. The van der Waals surface area contributed by atoms with Gasteiger partial charge in [-0.15, -0.1) is 0 Å². The number of nitrogen functional groups attached to an aromatic ring is 1. The molecule has 4 aromatic rings. The number of fused-ring (bicyclic) bond motifs is 7. The van der Waals surface area contributed by atoms with Crippen LogP contribution in [-0.4, -0.2) is 32.9 Å². The largest absolute Gasteiger partial charge is 0.399 e. The van der Waals surface area contributed by atoms with Crippen molar-refractivity contribution in [2.45, 2.75) is 56.7 Å². The second-order valence-corrected chi connectivity index (χ2v) is 12.2. The van der Waals surface area contributed by atoms with E-state index in [0.29, 0.717) is 27.9 Å². The molecule has 0 radical (unpaired) electrons. The fraction of sp³-hybridized carbons (Fsp3) is 0.355. The number of aromatic nitrogens is 2. The molecule has 3 aliphatic heterocycles. The molecule has 1 spiro atoms. The van der Waals surface area contributed by atoms with E-state index in [-0.39, 0.29) is 30.3 Å². The maximum atomic E-state index is 16.1. The van der Waals surface area contributed by atoms with Crippen LogP contribution < -0.4 is 11.1 Å². The molecule has 3 N–H and O–H groups in total. The third kappa shape index (κ3) is 3.37. The van der Waals surface area contributed by atoms with Crippen molar-refractivity contribution >= 4 is 51.5 Å². The van der Waals surface area contributed by atoms with E-state index < -0.39 is 17.3 Å². The minimum atomic E-state index is -1.13. The van der Waals surface area contributed by atoms with Crippen molar-refractivity contribution in [3.63, 3.8) is 0 Å². The molecule has 40 heavy (non-hydrogen) atoms. The van der Waals surface area contributed by atoms with Crippen LogP contribution in [0, 0.1) is 11.7 Å². The number of anilines is 2. The molecule has 1 aliphatic carbocycles. The van der Waals surface area contributed by atoms with Crippen LogP contribution in [0.4, 0.5) is 15.8 Å². The van der Waals surface area contributed by atoms with Gasteiger partial charge in [-0.05, 0) is 67.1 Å². The molecule has 0 bridgehead atoms. The Kier molecular flexibility index (Phi) is 5.77. The van der Waals surface area contributed by atoms with Crippen LogP contribution in [0.3, 0.4) is 0 Å². The topological polar surface area (TPSA) is 76.2 Å². The summed E-state index contributed by atoms with van der Waals surface area (Å²) in [4.78, 5) is 21.9. The molecule has 1 saturated carbocycles. The van der Waals surface area contributed by atoms with Crippen molar-refractivity contribution in [2.75, 3.05) is 17.6 Å². The van der Waals surface area contributed by atoms with Crippen LogP contribution in [0.25, 0.3) is 11.0 Å². The van der Waals surface area contributed by atoms with Crippen LogP contribution in [0.2, 0.25) is 10.0 Å². The number of rotatable bonds is 3. The number of hydrogen-bond donors (Lipinski definition) is 2. The lowest BCUT2D eigenvalue weighted by molar-refractivity contribution is -0.128. The van der Waals surface area contributed by atoms with E-state index in [1.54, 1.807) is 24.3 Å². The maximum Gasteiger partial charge on any atom is 0.250 e. The Bertz CT molecular complexity index is 1700. The summed E-state index contributed by atoms with van der Waals surface area (Å²) in [5.74, 6) is -0.0595. The van der Waals surface area contributed by atoms with Gasteiger partial charge in [0.2, 0.25) is 5.91 Å². The average molecular weight is 579 g/mol. The number of benzene rings is 3. The molecule has 6 nitrogen and oxygen atoms in total. The summed E-state index contributed by atoms with van der Waals surface area (Å²) in [6.45, 7) is 1.52. The minimum Gasteiger partial charge on any atom is -0.399 e. The van der Waals surface area contributed by atoms with Gasteiger partial charge in [-0.3, -0.25) is 9.69 Å². The Balaban J connectivity index is 0.00000264. The molecule has 206 valence electrons. The smallest absolute Gasteiger partial charge is 0.250 e. The molecule has 4 aliphatic rings. The highest BCUT2D eigenvalue weighted by Gasteiger charge is 2.69. The third-order valence-electron chi connectivity index (χ3n) is 9.28. The van der Waals surface area contributed by atoms with E-state index in [0.717, 1.165) is 54.8 Å². The highest BCUT2D eigenvalue weighted by Crippen LogP contribution is 2.64. The average Bonchev–Trinajstić information content (AvgIpc) is 3.50. The summed E-state index contributed by atoms with van der Waals surface area (Å²) >= 11 is 12.8. The van der Waals surface area contributed by atoms with Crippen molar-refractivity contribution in [2.24, 2.45) is 5.92 Å². The first-order valence-electron chi connectivity index (χ1n) is 13.5. The number of imidazole rings is 1. The number of nitrogens with zero attached hydrogens (tertiary/aromatic N) is 3. The van der Waals surface area contributed by atoms with Crippen molar-refractivity contribution < 1.29 is 9.18 Å². The molecule has 1 saturated heterocycles. The van der Waals surface area contributed by atoms with Gasteiger partial charge in [-0.2, -0.15) is 0 Å². The number of carbonyl (C=O) groups excluding carboxylic acids is 1. The first-order chi connectivity index (χ1) is 18.9. The van der Waals surface area contributed by atoms with Crippen LogP contribution in [0.15, 0.2) is 54.6 Å². The normalized spacial score (nSPS) is 26.9. The number of carbonyl (C=O) groups is 1. The lowest BCUT2D eigenvalue weighted by Crippen LogP contribution is -2.53. The standard InChI is InChI=1S/C30H26Cl2FN5O.CH4/c31-16-6-8-19-21(12-16)36-29(39)30(19)26(18-2-1-3-20(32)27(18)33)25-24(38(30)14-15-4-5-15)10-11-37-23-9-7-17(34)13-22(23)35-28(25)37;/h1-3,6-9,12-13,15,24-26H,4-5,10-11,14,34H2,(H,36,39);1H4/t24-,25+,26-,30+;/m0./s1. The van der Waals surface area contributed by atoms with Gasteiger partial charge < -0.3 is 15.6 Å². The molecular weight excluding hydrogens is 548 g/mol. The fourth-order valence-corrected chi connectivity index (χ4v) is 7.97. The number of hydrogen-bond acceptors (Lipinski definition) is 4. The van der Waals surface area contributed by atoms with Crippen LogP contribution in [0.1, 0.15) is 55.5 Å². The molecule has 3 aromatic carbocycles. The molecule has 2 fully saturated rings. The Morgan fingerprint density at radius 2 is 1.93 bits per heavy atom. The van der Waals surface area contributed by atoms with Gasteiger partial charge in [0.25, 0.3) is 0 Å². The van der Waals surface area contributed by atoms with Gasteiger partial charge in [0.15, 0.2) is 0 Å².